The first-order valence-electron chi connectivity index (χ1n) is 6.45. The van der Waals surface area contributed by atoms with Gasteiger partial charge in [0.25, 0.3) is 0 Å². The molecule has 0 aliphatic carbocycles. The molecule has 0 radical (unpaired) electrons. The summed E-state index contributed by atoms with van der Waals surface area (Å²) in [4.78, 5) is 13.3. The summed E-state index contributed by atoms with van der Waals surface area (Å²) in [5.74, 6) is -0.685. The van der Waals surface area contributed by atoms with Crippen molar-refractivity contribution in [3.63, 3.8) is 0 Å². The van der Waals surface area contributed by atoms with Gasteiger partial charge in [0.15, 0.2) is 0 Å². The van der Waals surface area contributed by atoms with Crippen LogP contribution in [0.15, 0.2) is 12.4 Å². The summed E-state index contributed by atoms with van der Waals surface area (Å²) in [6.45, 7) is 8.48. The second-order valence-electron chi connectivity index (χ2n) is 5.54. The Morgan fingerprint density at radius 1 is 1.56 bits per heavy atom. The molecule has 0 saturated carbocycles. The van der Waals surface area contributed by atoms with Crippen LogP contribution in [0.2, 0.25) is 0 Å². The summed E-state index contributed by atoms with van der Waals surface area (Å²) in [5, 5.41) is 13.4. The Bertz CT molecular complexity index is 428. The molecule has 5 nitrogen and oxygen atoms in total. The van der Waals surface area contributed by atoms with Gasteiger partial charge in [0.05, 0.1) is 12.1 Å². The highest BCUT2D eigenvalue weighted by Crippen LogP contribution is 2.24. The number of nitrogens with zero attached hydrogens (tertiary/aromatic N) is 3. The molecule has 2 atom stereocenters. The lowest BCUT2D eigenvalue weighted by atomic mass is 9.99. The lowest BCUT2D eigenvalue weighted by Gasteiger charge is -2.13. The zero-order valence-electron chi connectivity index (χ0n) is 11.2. The predicted molar refractivity (Wildman–Crippen MR) is 68.2 cm³/mol. The summed E-state index contributed by atoms with van der Waals surface area (Å²) in [6, 6.07) is 0.364. The van der Waals surface area contributed by atoms with Gasteiger partial charge >= 0.3 is 5.97 Å². The molecule has 5 heteroatoms. The predicted octanol–water partition coefficient (Wildman–Crippen LogP) is 1.62. The van der Waals surface area contributed by atoms with Crippen LogP contribution in [0.1, 0.15) is 32.4 Å². The summed E-state index contributed by atoms with van der Waals surface area (Å²) < 4.78 is 1.93. The Morgan fingerprint density at radius 3 is 2.78 bits per heavy atom. The maximum Gasteiger partial charge on any atom is 0.308 e. The van der Waals surface area contributed by atoms with Crippen LogP contribution in [0.25, 0.3) is 0 Å². The van der Waals surface area contributed by atoms with E-state index >= 15 is 0 Å². The van der Waals surface area contributed by atoms with E-state index in [0.717, 1.165) is 18.7 Å². The molecule has 1 aromatic rings. The maximum atomic E-state index is 11.1. The highest BCUT2D eigenvalue weighted by atomic mass is 16.4. The quantitative estimate of drug-likeness (QED) is 0.883. The molecule has 2 unspecified atom stereocenters. The number of carbonyl (C=O) groups is 1. The lowest BCUT2D eigenvalue weighted by Crippen LogP contribution is -2.23. The number of carboxylic acid groups (broad SMARTS) is 1. The number of carboxylic acids is 1. The van der Waals surface area contributed by atoms with E-state index in [4.69, 9.17) is 5.11 Å². The third-order valence-electron chi connectivity index (χ3n) is 3.60. The van der Waals surface area contributed by atoms with E-state index in [1.165, 1.54) is 0 Å². The molecule has 1 saturated heterocycles. The van der Waals surface area contributed by atoms with E-state index in [-0.39, 0.29) is 11.8 Å². The number of hydrogen-bond acceptors (Lipinski definition) is 3. The van der Waals surface area contributed by atoms with Crippen molar-refractivity contribution in [3.8, 4) is 0 Å². The largest absolute Gasteiger partial charge is 0.481 e. The Balaban J connectivity index is 1.96. The number of aliphatic carboxylic acids is 1. The minimum Gasteiger partial charge on any atom is -0.481 e. The van der Waals surface area contributed by atoms with Gasteiger partial charge in [0.1, 0.15) is 0 Å². The molecule has 1 N–H and O–H groups in total. The van der Waals surface area contributed by atoms with E-state index < -0.39 is 5.97 Å². The first-order chi connectivity index (χ1) is 8.47. The zero-order chi connectivity index (χ0) is 13.3. The van der Waals surface area contributed by atoms with Crippen LogP contribution in [0.5, 0.6) is 0 Å². The smallest absolute Gasteiger partial charge is 0.308 e. The van der Waals surface area contributed by atoms with E-state index in [1.54, 1.807) is 0 Å². The maximum absolute atomic E-state index is 11.1. The summed E-state index contributed by atoms with van der Waals surface area (Å²) in [6.07, 6.45) is 3.92. The van der Waals surface area contributed by atoms with Gasteiger partial charge in [-0.3, -0.25) is 14.4 Å². The molecule has 0 aromatic carbocycles. The Hall–Kier alpha value is -1.36. The Morgan fingerprint density at radius 2 is 2.28 bits per heavy atom. The fourth-order valence-electron chi connectivity index (χ4n) is 2.52. The normalized spacial score (nSPS) is 24.9. The second kappa shape index (κ2) is 5.10. The van der Waals surface area contributed by atoms with Crippen molar-refractivity contribution < 1.29 is 9.90 Å². The molecule has 2 heterocycles. The van der Waals surface area contributed by atoms with E-state index in [2.05, 4.69) is 23.8 Å². The van der Waals surface area contributed by atoms with Crippen LogP contribution < -0.4 is 0 Å². The van der Waals surface area contributed by atoms with Crippen molar-refractivity contribution in [3.05, 3.63) is 18.0 Å². The molecule has 1 aliphatic heterocycles. The first kappa shape index (κ1) is 13.1. The monoisotopic (exact) mass is 251 g/mol. The fourth-order valence-corrected chi connectivity index (χ4v) is 2.52. The third-order valence-corrected chi connectivity index (χ3v) is 3.60. The van der Waals surface area contributed by atoms with E-state index in [0.29, 0.717) is 12.6 Å². The highest BCUT2D eigenvalue weighted by Gasteiger charge is 2.34. The molecule has 100 valence electrons. The van der Waals surface area contributed by atoms with Crippen molar-refractivity contribution in [1.29, 1.82) is 0 Å². The van der Waals surface area contributed by atoms with Gasteiger partial charge in [-0.2, -0.15) is 5.10 Å². The topological polar surface area (TPSA) is 58.4 Å². The minimum atomic E-state index is -0.678. The molecule has 0 bridgehead atoms. The molecule has 1 aliphatic rings. The number of rotatable bonds is 4. The van der Waals surface area contributed by atoms with Gasteiger partial charge in [-0.15, -0.1) is 0 Å². The zero-order valence-corrected chi connectivity index (χ0v) is 11.2. The standard InChI is InChI=1S/C13H21N3O2/c1-9(2)16-7-11(4-14-16)6-15-5-10(3)12(8-15)13(17)18/h4,7,9-10,12H,5-6,8H2,1-3H3,(H,17,18). The van der Waals surface area contributed by atoms with Crippen molar-refractivity contribution >= 4 is 5.97 Å². The summed E-state index contributed by atoms with van der Waals surface area (Å²) >= 11 is 0. The van der Waals surface area contributed by atoms with E-state index in [1.807, 2.05) is 24.0 Å². The van der Waals surface area contributed by atoms with Gasteiger partial charge in [-0.25, -0.2) is 0 Å². The first-order valence-corrected chi connectivity index (χ1v) is 6.45. The molecule has 0 spiro atoms. The Kier molecular flexibility index (Phi) is 3.71. The molecule has 1 fully saturated rings. The fraction of sp³-hybridized carbons (Fsp3) is 0.692. The van der Waals surface area contributed by atoms with Gasteiger partial charge in [0, 0.05) is 37.4 Å². The van der Waals surface area contributed by atoms with Crippen molar-refractivity contribution in [1.82, 2.24) is 14.7 Å². The highest BCUT2D eigenvalue weighted by molar-refractivity contribution is 5.71. The van der Waals surface area contributed by atoms with Gasteiger partial charge in [-0.1, -0.05) is 6.92 Å². The van der Waals surface area contributed by atoms with Crippen LogP contribution in [-0.4, -0.2) is 38.8 Å². The molecule has 18 heavy (non-hydrogen) atoms. The van der Waals surface area contributed by atoms with Crippen LogP contribution in [0.3, 0.4) is 0 Å². The van der Waals surface area contributed by atoms with Crippen molar-refractivity contribution in [2.75, 3.05) is 13.1 Å². The summed E-state index contributed by atoms with van der Waals surface area (Å²) in [7, 11) is 0. The van der Waals surface area contributed by atoms with Crippen LogP contribution in [0, 0.1) is 11.8 Å². The van der Waals surface area contributed by atoms with Crippen molar-refractivity contribution in [2.24, 2.45) is 11.8 Å². The molecular formula is C13H21N3O2. The van der Waals surface area contributed by atoms with Gasteiger partial charge < -0.3 is 5.11 Å². The van der Waals surface area contributed by atoms with Crippen molar-refractivity contribution in [2.45, 2.75) is 33.4 Å². The van der Waals surface area contributed by atoms with Crippen LogP contribution in [0.4, 0.5) is 0 Å². The lowest BCUT2D eigenvalue weighted by molar-refractivity contribution is -0.142. The average molecular weight is 251 g/mol. The average Bonchev–Trinajstić information content (AvgIpc) is 2.86. The minimum absolute atomic E-state index is 0.225. The van der Waals surface area contributed by atoms with Gasteiger partial charge in [0.2, 0.25) is 0 Å². The number of hydrogen-bond donors (Lipinski definition) is 1. The third kappa shape index (κ3) is 2.72. The SMILES string of the molecule is CC1CN(Cc2cnn(C(C)C)c2)CC1C(=O)O. The molecule has 1 aromatic heterocycles. The van der Waals surface area contributed by atoms with E-state index in [9.17, 15) is 4.79 Å². The summed E-state index contributed by atoms with van der Waals surface area (Å²) in [5.41, 5.74) is 1.15. The van der Waals surface area contributed by atoms with Crippen LogP contribution >= 0.6 is 0 Å². The second-order valence-corrected chi connectivity index (χ2v) is 5.54. The Labute approximate surface area is 107 Å². The molecule has 0 amide bonds. The number of aromatic nitrogens is 2. The molecular weight excluding hydrogens is 230 g/mol. The van der Waals surface area contributed by atoms with Crippen LogP contribution in [-0.2, 0) is 11.3 Å². The van der Waals surface area contributed by atoms with Gasteiger partial charge in [-0.05, 0) is 19.8 Å². The number of likely N-dealkylation sites (tertiary alicyclic amines) is 1. The molecule has 2 rings (SSSR count).